The summed E-state index contributed by atoms with van der Waals surface area (Å²) < 4.78 is 33.9. The van der Waals surface area contributed by atoms with Gasteiger partial charge < -0.3 is 20.4 Å². The van der Waals surface area contributed by atoms with E-state index in [2.05, 4.69) is 4.72 Å². The average Bonchev–Trinajstić information content (AvgIpc) is 2.78. The van der Waals surface area contributed by atoms with E-state index in [9.17, 15) is 22.8 Å². The fraction of sp³-hybridized carbons (Fsp3) is 0.208. The predicted molar refractivity (Wildman–Crippen MR) is 125 cm³/mol. The van der Waals surface area contributed by atoms with E-state index in [-0.39, 0.29) is 22.5 Å². The Bertz CT molecular complexity index is 1330. The second kappa shape index (κ2) is 10.4. The van der Waals surface area contributed by atoms with Gasteiger partial charge in [0.15, 0.2) is 0 Å². The number of sulfonamides is 1. The number of aliphatic carboxylic acids is 1. The molecule has 4 N–H and O–H groups in total. The largest absolute Gasteiger partial charge is 0.489 e. The minimum atomic E-state index is -4.37. The number of primary amides is 1. The molecule has 0 fully saturated rings. The van der Waals surface area contributed by atoms with Gasteiger partial charge in [-0.15, -0.1) is 0 Å². The molecule has 2 atom stereocenters. The number of nitrogens with one attached hydrogen (secondary N) is 1. The number of carbonyl (C=O) groups excluding carboxylic acids is 2. The molecule has 0 saturated heterocycles. The summed E-state index contributed by atoms with van der Waals surface area (Å²) in [7, 11) is -4.37. The number of aldehydes is 1. The number of benzene rings is 3. The van der Waals surface area contributed by atoms with Gasteiger partial charge in [-0.2, -0.15) is 0 Å². The van der Waals surface area contributed by atoms with E-state index in [0.29, 0.717) is 6.42 Å². The van der Waals surface area contributed by atoms with E-state index in [1.807, 2.05) is 42.5 Å². The number of fused-ring (bicyclic) bond motifs is 1. The molecular weight excluding hydrogens is 460 g/mol. The van der Waals surface area contributed by atoms with Gasteiger partial charge in [0.2, 0.25) is 15.9 Å². The number of nitrogens with two attached hydrogens (primary N) is 1. The van der Waals surface area contributed by atoms with Crippen LogP contribution in [0.2, 0.25) is 0 Å². The van der Waals surface area contributed by atoms with Gasteiger partial charge >= 0.3 is 5.97 Å². The number of hydrogen-bond acceptors (Lipinski definition) is 6. The first-order valence-electron chi connectivity index (χ1n) is 10.4. The molecule has 0 aliphatic rings. The summed E-state index contributed by atoms with van der Waals surface area (Å²) in [5.74, 6) is -2.26. The molecule has 34 heavy (non-hydrogen) atoms. The van der Waals surface area contributed by atoms with Crippen LogP contribution in [0.4, 0.5) is 0 Å². The van der Waals surface area contributed by atoms with Gasteiger partial charge in [0, 0.05) is 12.0 Å². The van der Waals surface area contributed by atoms with Crippen molar-refractivity contribution in [2.45, 2.75) is 36.8 Å². The number of amides is 1. The smallest absolute Gasteiger partial charge is 0.305 e. The Balaban J connectivity index is 1.93. The lowest BCUT2D eigenvalue weighted by atomic mass is 10.0. The van der Waals surface area contributed by atoms with Crippen molar-refractivity contribution in [2.24, 2.45) is 5.73 Å². The fourth-order valence-electron chi connectivity index (χ4n) is 3.58. The molecule has 0 aromatic heterocycles. The maximum Gasteiger partial charge on any atom is 0.305 e. The Kier molecular flexibility index (Phi) is 7.64. The Hall–Kier alpha value is -3.76. The normalized spacial score (nSPS) is 13.2. The van der Waals surface area contributed by atoms with Crippen LogP contribution < -0.4 is 15.2 Å². The molecule has 3 rings (SSSR count). The maximum absolute atomic E-state index is 12.9. The van der Waals surface area contributed by atoms with E-state index in [4.69, 9.17) is 15.6 Å². The molecule has 3 aromatic rings. The summed E-state index contributed by atoms with van der Waals surface area (Å²) in [5.41, 5.74) is 6.36. The topological polar surface area (TPSA) is 153 Å². The van der Waals surface area contributed by atoms with Crippen molar-refractivity contribution in [3.05, 3.63) is 71.8 Å². The molecule has 0 radical (unpaired) electrons. The van der Waals surface area contributed by atoms with Crippen LogP contribution in [0.3, 0.4) is 0 Å². The van der Waals surface area contributed by atoms with Gasteiger partial charge in [0.25, 0.3) is 0 Å². The molecular formula is C24H24N2O7S. The molecule has 10 heteroatoms. The summed E-state index contributed by atoms with van der Waals surface area (Å²) in [6.07, 6.45) is -0.600. The first-order chi connectivity index (χ1) is 16.1. The predicted octanol–water partition coefficient (Wildman–Crippen LogP) is 2.27. The lowest BCUT2D eigenvalue weighted by Gasteiger charge is -2.20. The minimum absolute atomic E-state index is 0.0313. The van der Waals surface area contributed by atoms with Crippen molar-refractivity contribution in [3.8, 4) is 5.75 Å². The van der Waals surface area contributed by atoms with E-state index in [1.54, 1.807) is 6.92 Å². The summed E-state index contributed by atoms with van der Waals surface area (Å²) in [5, 5.41) is 11.0. The highest BCUT2D eigenvalue weighted by molar-refractivity contribution is 7.89. The third-order valence-electron chi connectivity index (χ3n) is 5.10. The lowest BCUT2D eigenvalue weighted by Crippen LogP contribution is -2.38. The van der Waals surface area contributed by atoms with E-state index in [0.717, 1.165) is 22.4 Å². The van der Waals surface area contributed by atoms with Crippen molar-refractivity contribution in [3.63, 3.8) is 0 Å². The lowest BCUT2D eigenvalue weighted by molar-refractivity contribution is -0.138. The molecule has 1 amide bonds. The molecule has 0 heterocycles. The molecule has 0 bridgehead atoms. The van der Waals surface area contributed by atoms with Crippen LogP contribution in [-0.2, 0) is 26.0 Å². The zero-order valence-electron chi connectivity index (χ0n) is 18.3. The van der Waals surface area contributed by atoms with Crippen LogP contribution in [0.1, 0.15) is 29.3 Å². The molecule has 0 aliphatic carbocycles. The molecule has 0 saturated carbocycles. The molecule has 1 unspecified atom stereocenters. The molecule has 178 valence electrons. The Morgan fingerprint density at radius 1 is 1.12 bits per heavy atom. The van der Waals surface area contributed by atoms with E-state index < -0.39 is 40.5 Å². The zero-order chi connectivity index (χ0) is 24.9. The third-order valence-corrected chi connectivity index (χ3v) is 6.63. The van der Waals surface area contributed by atoms with E-state index in [1.165, 1.54) is 12.1 Å². The second-order valence-corrected chi connectivity index (χ2v) is 9.44. The van der Waals surface area contributed by atoms with Crippen LogP contribution in [0.25, 0.3) is 10.8 Å². The Morgan fingerprint density at radius 3 is 2.50 bits per heavy atom. The van der Waals surface area contributed by atoms with Crippen LogP contribution in [0, 0.1) is 0 Å². The third kappa shape index (κ3) is 5.97. The first-order valence-corrected chi connectivity index (χ1v) is 11.9. The summed E-state index contributed by atoms with van der Waals surface area (Å²) in [4.78, 5) is 33.4. The van der Waals surface area contributed by atoms with Crippen LogP contribution in [0.15, 0.2) is 65.6 Å². The highest BCUT2D eigenvalue weighted by atomic mass is 32.2. The average molecular weight is 485 g/mol. The van der Waals surface area contributed by atoms with Gasteiger partial charge in [0.1, 0.15) is 23.0 Å². The highest BCUT2D eigenvalue weighted by Gasteiger charge is 2.26. The molecule has 3 aromatic carbocycles. The maximum atomic E-state index is 12.9. The summed E-state index contributed by atoms with van der Waals surface area (Å²) in [6, 6.07) is 15.7. The number of carboxylic acids is 1. The van der Waals surface area contributed by atoms with Crippen molar-refractivity contribution in [2.75, 3.05) is 0 Å². The summed E-state index contributed by atoms with van der Waals surface area (Å²) in [6.45, 7) is 1.75. The van der Waals surface area contributed by atoms with Gasteiger partial charge in [-0.25, -0.2) is 13.1 Å². The van der Waals surface area contributed by atoms with Gasteiger partial charge in [-0.1, -0.05) is 42.5 Å². The number of hydrogen-bond donors (Lipinski definition) is 3. The van der Waals surface area contributed by atoms with Crippen LogP contribution >= 0.6 is 0 Å². The molecule has 9 nitrogen and oxygen atoms in total. The SMILES string of the molecule is CC(Cc1cccc2ccccc12)Oc1cc(C(N)=O)ccc1S(=O)(=O)N[C@H](C=O)CC(=O)O. The second-order valence-electron chi connectivity index (χ2n) is 7.76. The molecule has 0 aliphatic heterocycles. The fourth-order valence-corrected chi connectivity index (χ4v) is 4.87. The number of carbonyl (C=O) groups is 3. The molecule has 0 spiro atoms. The monoisotopic (exact) mass is 484 g/mol. The van der Waals surface area contributed by atoms with Crippen molar-refractivity contribution >= 4 is 39.0 Å². The summed E-state index contributed by atoms with van der Waals surface area (Å²) >= 11 is 0. The van der Waals surface area contributed by atoms with Crippen molar-refractivity contribution < 1.29 is 32.6 Å². The first kappa shape index (κ1) is 24.9. The standard InChI is InChI=1S/C24H24N2O7S/c1-15(11-17-7-4-6-16-5-2-3-8-20(16)17)33-21-12-18(24(25)30)9-10-22(21)34(31,32)26-19(14-27)13-23(28)29/h2-10,12,14-15,19,26H,11,13H2,1H3,(H2,25,30)(H,28,29)/t15?,19-/m0/s1. The van der Waals surface area contributed by atoms with Crippen molar-refractivity contribution in [1.82, 2.24) is 4.72 Å². The van der Waals surface area contributed by atoms with Gasteiger partial charge in [-0.05, 0) is 41.5 Å². The quantitative estimate of drug-likeness (QED) is 0.353. The van der Waals surface area contributed by atoms with Gasteiger partial charge in [0.05, 0.1) is 12.5 Å². The Morgan fingerprint density at radius 2 is 1.82 bits per heavy atom. The van der Waals surface area contributed by atoms with Crippen LogP contribution in [0.5, 0.6) is 5.75 Å². The zero-order valence-corrected chi connectivity index (χ0v) is 19.1. The number of rotatable bonds is 11. The van der Waals surface area contributed by atoms with Gasteiger partial charge in [-0.3, -0.25) is 9.59 Å². The number of carboxylic acid groups (broad SMARTS) is 1. The van der Waals surface area contributed by atoms with E-state index >= 15 is 0 Å². The van der Waals surface area contributed by atoms with Crippen LogP contribution in [-0.4, -0.2) is 43.8 Å². The Labute approximate surface area is 196 Å². The number of ether oxygens (including phenoxy) is 1. The minimum Gasteiger partial charge on any atom is -0.489 e. The van der Waals surface area contributed by atoms with Crippen molar-refractivity contribution in [1.29, 1.82) is 0 Å². The highest BCUT2D eigenvalue weighted by Crippen LogP contribution is 2.28.